The van der Waals surface area contributed by atoms with Gasteiger partial charge in [-0.3, -0.25) is 4.90 Å². The molecular formula is C34H39FN8O3. The summed E-state index contributed by atoms with van der Waals surface area (Å²) in [6, 6.07) is 11.9. The van der Waals surface area contributed by atoms with Crippen molar-refractivity contribution in [3.63, 3.8) is 0 Å². The van der Waals surface area contributed by atoms with Gasteiger partial charge in [0.15, 0.2) is 5.65 Å². The number of anilines is 1. The lowest BCUT2D eigenvalue weighted by Gasteiger charge is -2.54. The Hall–Kier alpha value is -4.71. The third-order valence-corrected chi connectivity index (χ3v) is 9.28. The van der Waals surface area contributed by atoms with Gasteiger partial charge >= 0.3 is 6.09 Å². The van der Waals surface area contributed by atoms with E-state index >= 15 is 0 Å². The fraction of sp³-hybridized carbons (Fsp3) is 0.412. The molecule has 0 radical (unpaired) electrons. The zero-order valence-electron chi connectivity index (χ0n) is 26.6. The van der Waals surface area contributed by atoms with Crippen LogP contribution in [0.15, 0.2) is 55.0 Å². The van der Waals surface area contributed by atoms with Gasteiger partial charge in [-0.25, -0.2) is 23.8 Å². The number of nitrogen functional groups attached to an aromatic ring is 1. The third kappa shape index (κ3) is 5.40. The quantitative estimate of drug-likeness (QED) is 0.258. The standard InChI is InChI=1S/C34H39FN8O3/c1-21(43-31-28(30(36)37-20-38-31)29(39-43)22-13-23(35)15-25(44)14-22)26-16-24-7-5-6-10-42(24)27(26)17-40-18-34(19-40)8-11-41(12-9-34)32(45)46-33(2,3)4/h5-7,10,13-16,20-21,44H,8-9,11-12,17-19H2,1-4H3,(H2,36,37,38). The number of nitrogens with two attached hydrogens (primary N) is 1. The molecule has 6 heterocycles. The van der Waals surface area contributed by atoms with Gasteiger partial charge in [-0.05, 0) is 81.8 Å². The molecule has 7 rings (SSSR count). The highest BCUT2D eigenvalue weighted by Crippen LogP contribution is 2.42. The summed E-state index contributed by atoms with van der Waals surface area (Å²) >= 11 is 0. The minimum atomic E-state index is -0.579. The number of amides is 1. The second-order valence-electron chi connectivity index (χ2n) is 13.8. The summed E-state index contributed by atoms with van der Waals surface area (Å²) in [5.74, 6) is -0.553. The van der Waals surface area contributed by atoms with Gasteiger partial charge in [0.05, 0.1) is 11.4 Å². The topological polar surface area (TPSA) is 127 Å². The molecule has 1 unspecified atom stereocenters. The largest absolute Gasteiger partial charge is 0.508 e. The fourth-order valence-corrected chi connectivity index (χ4v) is 7.07. The molecule has 46 heavy (non-hydrogen) atoms. The number of carbonyl (C=O) groups is 1. The molecule has 1 atom stereocenters. The molecule has 0 aliphatic carbocycles. The number of phenolic OH excluding ortho intramolecular Hbond substituents is 1. The summed E-state index contributed by atoms with van der Waals surface area (Å²) in [5.41, 5.74) is 10.7. The van der Waals surface area contributed by atoms with E-state index in [0.717, 1.165) is 55.3 Å². The first-order chi connectivity index (χ1) is 21.9. The van der Waals surface area contributed by atoms with Gasteiger partial charge < -0.3 is 24.9 Å². The maximum Gasteiger partial charge on any atom is 0.410 e. The van der Waals surface area contributed by atoms with Gasteiger partial charge in [0.25, 0.3) is 0 Å². The van der Waals surface area contributed by atoms with Gasteiger partial charge in [0.1, 0.15) is 35.0 Å². The number of aromatic hydroxyl groups is 1. The summed E-state index contributed by atoms with van der Waals surface area (Å²) < 4.78 is 24.0. The second-order valence-corrected chi connectivity index (χ2v) is 13.8. The monoisotopic (exact) mass is 626 g/mol. The number of carbonyl (C=O) groups excluding carboxylic acids is 1. The van der Waals surface area contributed by atoms with Crippen LogP contribution in [-0.4, -0.2) is 76.9 Å². The zero-order chi connectivity index (χ0) is 32.4. The first-order valence-corrected chi connectivity index (χ1v) is 15.7. The van der Waals surface area contributed by atoms with Crippen molar-refractivity contribution in [1.29, 1.82) is 0 Å². The van der Waals surface area contributed by atoms with Crippen LogP contribution < -0.4 is 5.73 Å². The normalized spacial score (nSPS) is 17.5. The average molecular weight is 627 g/mol. The molecule has 240 valence electrons. The SMILES string of the molecule is CC(c1cc2ccccn2c1CN1CC2(CCN(C(=O)OC(C)(C)C)CC2)C1)n1nc(-c2cc(O)cc(F)c2)c2c(N)ncnc21. The Kier molecular flexibility index (Phi) is 7.15. The van der Waals surface area contributed by atoms with E-state index in [2.05, 4.69) is 44.5 Å². The number of pyridine rings is 1. The molecule has 11 nitrogen and oxygen atoms in total. The van der Waals surface area contributed by atoms with Gasteiger partial charge in [0, 0.05) is 61.8 Å². The van der Waals surface area contributed by atoms with Crippen LogP contribution in [0.25, 0.3) is 27.8 Å². The molecule has 0 saturated carbocycles. The van der Waals surface area contributed by atoms with Crippen molar-refractivity contribution in [1.82, 2.24) is 33.9 Å². The Morgan fingerprint density at radius 3 is 2.61 bits per heavy atom. The van der Waals surface area contributed by atoms with E-state index < -0.39 is 11.4 Å². The molecule has 2 aliphatic heterocycles. The first-order valence-electron chi connectivity index (χ1n) is 15.7. The van der Waals surface area contributed by atoms with Gasteiger partial charge in [0.2, 0.25) is 0 Å². The average Bonchev–Trinajstić information content (AvgIpc) is 3.55. The molecular weight excluding hydrogens is 587 g/mol. The van der Waals surface area contributed by atoms with Crippen molar-refractivity contribution in [2.24, 2.45) is 5.41 Å². The van der Waals surface area contributed by atoms with Crippen LogP contribution >= 0.6 is 0 Å². The van der Waals surface area contributed by atoms with E-state index in [1.165, 1.54) is 18.5 Å². The fourth-order valence-electron chi connectivity index (χ4n) is 7.07. The van der Waals surface area contributed by atoms with Crippen LogP contribution in [0.1, 0.15) is 57.8 Å². The van der Waals surface area contributed by atoms with E-state index in [0.29, 0.717) is 35.4 Å². The Bertz CT molecular complexity index is 1930. The molecule has 2 fully saturated rings. The van der Waals surface area contributed by atoms with E-state index in [-0.39, 0.29) is 29.1 Å². The van der Waals surface area contributed by atoms with E-state index in [1.807, 2.05) is 42.5 Å². The predicted octanol–water partition coefficient (Wildman–Crippen LogP) is 5.62. The lowest BCUT2D eigenvalue weighted by atomic mass is 9.72. The Morgan fingerprint density at radius 2 is 1.89 bits per heavy atom. The smallest absolute Gasteiger partial charge is 0.410 e. The molecule has 2 saturated heterocycles. The molecule has 3 N–H and O–H groups in total. The number of benzene rings is 1. The van der Waals surface area contributed by atoms with Gasteiger partial charge in [-0.15, -0.1) is 0 Å². The zero-order valence-corrected chi connectivity index (χ0v) is 26.6. The summed E-state index contributed by atoms with van der Waals surface area (Å²) in [6.07, 6.45) is 5.17. The van der Waals surface area contributed by atoms with Crippen molar-refractivity contribution in [2.45, 2.75) is 58.7 Å². The number of phenols is 1. The van der Waals surface area contributed by atoms with E-state index in [1.54, 1.807) is 0 Å². The number of aromatic nitrogens is 5. The number of fused-ring (bicyclic) bond motifs is 2. The second kappa shape index (κ2) is 11.0. The number of likely N-dealkylation sites (tertiary alicyclic amines) is 2. The predicted molar refractivity (Wildman–Crippen MR) is 173 cm³/mol. The molecule has 1 spiro atoms. The molecule has 1 aromatic carbocycles. The summed E-state index contributed by atoms with van der Waals surface area (Å²) in [7, 11) is 0. The highest BCUT2D eigenvalue weighted by molar-refractivity contribution is 5.98. The highest BCUT2D eigenvalue weighted by Gasteiger charge is 2.46. The number of rotatable bonds is 5. The number of piperidine rings is 1. The van der Waals surface area contributed by atoms with E-state index in [4.69, 9.17) is 15.6 Å². The van der Waals surface area contributed by atoms with Crippen LogP contribution in [0.2, 0.25) is 0 Å². The van der Waals surface area contributed by atoms with Crippen molar-refractivity contribution in [3.05, 3.63) is 72.1 Å². The number of hydrogen-bond donors (Lipinski definition) is 2. The Morgan fingerprint density at radius 1 is 1.13 bits per heavy atom. The molecule has 2 aliphatic rings. The molecule has 12 heteroatoms. The maximum absolute atomic E-state index is 14.3. The number of hydrogen-bond acceptors (Lipinski definition) is 8. The minimum absolute atomic E-state index is 0.204. The van der Waals surface area contributed by atoms with Crippen LogP contribution in [-0.2, 0) is 11.3 Å². The first kappa shape index (κ1) is 30.0. The number of nitrogens with zero attached hydrogens (tertiary/aromatic N) is 7. The molecule has 5 aromatic rings. The summed E-state index contributed by atoms with van der Waals surface area (Å²) in [6.45, 7) is 11.9. The number of halogens is 1. The lowest BCUT2D eigenvalue weighted by Crippen LogP contribution is -2.60. The van der Waals surface area contributed by atoms with Gasteiger partial charge in [-0.1, -0.05) is 6.07 Å². The van der Waals surface area contributed by atoms with E-state index in [9.17, 15) is 14.3 Å². The van der Waals surface area contributed by atoms with Crippen molar-refractivity contribution in [2.75, 3.05) is 31.9 Å². The highest BCUT2D eigenvalue weighted by atomic mass is 19.1. The van der Waals surface area contributed by atoms with Crippen molar-refractivity contribution in [3.8, 4) is 17.0 Å². The Balaban J connectivity index is 1.17. The van der Waals surface area contributed by atoms with Crippen molar-refractivity contribution >= 4 is 28.5 Å². The van der Waals surface area contributed by atoms with Gasteiger partial charge in [-0.2, -0.15) is 5.10 Å². The molecule has 4 aromatic heterocycles. The van der Waals surface area contributed by atoms with Crippen LogP contribution in [0.5, 0.6) is 5.75 Å². The molecule has 0 bridgehead atoms. The van der Waals surface area contributed by atoms with Crippen LogP contribution in [0.3, 0.4) is 0 Å². The van der Waals surface area contributed by atoms with Crippen LogP contribution in [0.4, 0.5) is 15.0 Å². The van der Waals surface area contributed by atoms with Crippen LogP contribution in [0, 0.1) is 11.2 Å². The third-order valence-electron chi connectivity index (χ3n) is 9.28. The molecule has 1 amide bonds. The van der Waals surface area contributed by atoms with Crippen molar-refractivity contribution < 1.29 is 19.0 Å². The lowest BCUT2D eigenvalue weighted by molar-refractivity contribution is -0.0557. The Labute approximate surface area is 266 Å². The number of ether oxygens (including phenoxy) is 1. The maximum atomic E-state index is 14.3. The summed E-state index contributed by atoms with van der Waals surface area (Å²) in [5, 5.41) is 15.5. The minimum Gasteiger partial charge on any atom is -0.508 e. The summed E-state index contributed by atoms with van der Waals surface area (Å²) in [4.78, 5) is 25.6.